The number of hydrogen-bond donors (Lipinski definition) is 1. The lowest BCUT2D eigenvalue weighted by Gasteiger charge is -2.17. The van der Waals surface area contributed by atoms with E-state index in [0.29, 0.717) is 19.0 Å². The first-order chi connectivity index (χ1) is 10.1. The van der Waals surface area contributed by atoms with E-state index in [2.05, 4.69) is 10.4 Å². The lowest BCUT2D eigenvalue weighted by Crippen LogP contribution is -2.34. The molecule has 2 aromatic rings. The van der Waals surface area contributed by atoms with Gasteiger partial charge in [-0.25, -0.2) is 4.79 Å². The number of ether oxygens (including phenoxy) is 1. The Bertz CT molecular complexity index is 609. The number of urea groups is 1. The van der Waals surface area contributed by atoms with Gasteiger partial charge in [0, 0.05) is 26.4 Å². The van der Waals surface area contributed by atoms with Crippen LogP contribution in [0, 0.1) is 6.92 Å². The average Bonchev–Trinajstić information content (AvgIpc) is 2.86. The second kappa shape index (κ2) is 6.78. The number of carbonyl (C=O) groups is 1. The summed E-state index contributed by atoms with van der Waals surface area (Å²) in [6.07, 6.45) is 1.77. The van der Waals surface area contributed by atoms with Crippen LogP contribution in [-0.2, 0) is 7.05 Å². The fourth-order valence-corrected chi connectivity index (χ4v) is 1.80. The molecule has 2 amide bonds. The van der Waals surface area contributed by atoms with Gasteiger partial charge in [0.05, 0.1) is 6.54 Å². The summed E-state index contributed by atoms with van der Waals surface area (Å²) in [6, 6.07) is 9.35. The molecular formula is C15H20N4O2. The topological polar surface area (TPSA) is 59.4 Å². The third kappa shape index (κ3) is 4.24. The molecular weight excluding hydrogens is 268 g/mol. The molecule has 0 bridgehead atoms. The van der Waals surface area contributed by atoms with Gasteiger partial charge in [0.25, 0.3) is 0 Å². The van der Waals surface area contributed by atoms with Gasteiger partial charge in [-0.15, -0.1) is 0 Å². The minimum atomic E-state index is -0.206. The van der Waals surface area contributed by atoms with E-state index in [1.165, 1.54) is 0 Å². The Labute approximate surface area is 124 Å². The third-order valence-electron chi connectivity index (χ3n) is 3.07. The summed E-state index contributed by atoms with van der Waals surface area (Å²) < 4.78 is 7.31. The van der Waals surface area contributed by atoms with E-state index in [-0.39, 0.29) is 6.03 Å². The zero-order valence-electron chi connectivity index (χ0n) is 12.5. The molecule has 0 radical (unpaired) electrons. The first-order valence-corrected chi connectivity index (χ1v) is 6.76. The Morgan fingerprint density at radius 2 is 2.14 bits per heavy atom. The summed E-state index contributed by atoms with van der Waals surface area (Å²) in [5.41, 5.74) is 1.08. The van der Waals surface area contributed by atoms with Gasteiger partial charge in [-0.3, -0.25) is 10.00 Å². The molecule has 21 heavy (non-hydrogen) atoms. The minimum absolute atomic E-state index is 0.206. The number of rotatable bonds is 5. The second-order valence-electron chi connectivity index (χ2n) is 4.84. The maximum atomic E-state index is 11.9. The van der Waals surface area contributed by atoms with E-state index in [4.69, 9.17) is 4.74 Å². The zero-order chi connectivity index (χ0) is 15.2. The number of nitrogens with one attached hydrogen (secondary N) is 1. The van der Waals surface area contributed by atoms with Crippen molar-refractivity contribution in [1.82, 2.24) is 14.7 Å². The van der Waals surface area contributed by atoms with Gasteiger partial charge in [0.15, 0.2) is 5.82 Å². The Kier molecular flexibility index (Phi) is 4.81. The lowest BCUT2D eigenvalue weighted by atomic mass is 10.2. The van der Waals surface area contributed by atoms with Gasteiger partial charge in [-0.2, -0.15) is 5.10 Å². The molecule has 1 N–H and O–H groups in total. The van der Waals surface area contributed by atoms with Crippen molar-refractivity contribution in [3.63, 3.8) is 0 Å². The monoisotopic (exact) mass is 288 g/mol. The molecule has 112 valence electrons. The Morgan fingerprint density at radius 1 is 1.38 bits per heavy atom. The summed E-state index contributed by atoms with van der Waals surface area (Å²) in [7, 11) is 3.52. The number of nitrogens with zero attached hydrogens (tertiary/aromatic N) is 3. The number of hydrogen-bond acceptors (Lipinski definition) is 3. The molecule has 0 unspecified atom stereocenters. The van der Waals surface area contributed by atoms with Crippen LogP contribution in [0.25, 0.3) is 0 Å². The van der Waals surface area contributed by atoms with Crippen LogP contribution >= 0.6 is 0 Å². The van der Waals surface area contributed by atoms with Crippen molar-refractivity contribution < 1.29 is 9.53 Å². The quantitative estimate of drug-likeness (QED) is 0.918. The van der Waals surface area contributed by atoms with Crippen LogP contribution in [-0.4, -0.2) is 40.9 Å². The fourth-order valence-electron chi connectivity index (χ4n) is 1.80. The molecule has 1 heterocycles. The molecule has 6 heteroatoms. The summed E-state index contributed by atoms with van der Waals surface area (Å²) in [5.74, 6) is 1.38. The number of aromatic nitrogens is 2. The first-order valence-electron chi connectivity index (χ1n) is 6.76. The highest BCUT2D eigenvalue weighted by Gasteiger charge is 2.10. The van der Waals surface area contributed by atoms with Gasteiger partial charge in [0.2, 0.25) is 0 Å². The van der Waals surface area contributed by atoms with Crippen molar-refractivity contribution >= 4 is 11.8 Å². The van der Waals surface area contributed by atoms with Crippen LogP contribution in [0.1, 0.15) is 5.56 Å². The predicted octanol–water partition coefficient (Wildman–Crippen LogP) is 2.27. The highest BCUT2D eigenvalue weighted by Crippen LogP contribution is 2.15. The van der Waals surface area contributed by atoms with E-state index < -0.39 is 0 Å². The van der Waals surface area contributed by atoms with E-state index in [0.717, 1.165) is 11.3 Å². The van der Waals surface area contributed by atoms with Crippen molar-refractivity contribution in [2.75, 3.05) is 25.5 Å². The number of amides is 2. The van der Waals surface area contributed by atoms with Crippen molar-refractivity contribution in [3.05, 3.63) is 42.1 Å². The molecule has 0 saturated heterocycles. The first kappa shape index (κ1) is 14.9. The molecule has 0 aliphatic carbocycles. The summed E-state index contributed by atoms with van der Waals surface area (Å²) in [6.45, 7) is 2.93. The number of para-hydroxylation sites is 1. The SMILES string of the molecule is Cc1ccccc1OCCN(C)C(=O)Nc1ccn(C)n1. The van der Waals surface area contributed by atoms with Crippen LogP contribution in [0.2, 0.25) is 0 Å². The molecule has 0 aliphatic heterocycles. The summed E-state index contributed by atoms with van der Waals surface area (Å²) in [4.78, 5) is 13.5. The minimum Gasteiger partial charge on any atom is -0.491 e. The molecule has 0 fully saturated rings. The maximum Gasteiger partial charge on any atom is 0.322 e. The Balaban J connectivity index is 1.77. The molecule has 0 spiro atoms. The van der Waals surface area contributed by atoms with Gasteiger partial charge < -0.3 is 9.64 Å². The normalized spacial score (nSPS) is 10.2. The average molecular weight is 288 g/mol. The van der Waals surface area contributed by atoms with Crippen molar-refractivity contribution in [2.24, 2.45) is 7.05 Å². The lowest BCUT2D eigenvalue weighted by molar-refractivity contribution is 0.207. The number of likely N-dealkylation sites (N-methyl/N-ethyl adjacent to an activating group) is 1. The number of benzene rings is 1. The van der Waals surface area contributed by atoms with Crippen LogP contribution in [0.5, 0.6) is 5.75 Å². The van der Waals surface area contributed by atoms with Crippen molar-refractivity contribution in [2.45, 2.75) is 6.92 Å². The zero-order valence-corrected chi connectivity index (χ0v) is 12.5. The van der Waals surface area contributed by atoms with Gasteiger partial charge in [-0.1, -0.05) is 18.2 Å². The van der Waals surface area contributed by atoms with Crippen LogP contribution in [0.3, 0.4) is 0 Å². The molecule has 0 saturated carbocycles. The summed E-state index contributed by atoms with van der Waals surface area (Å²) >= 11 is 0. The Hall–Kier alpha value is -2.50. The van der Waals surface area contributed by atoms with Crippen LogP contribution in [0.4, 0.5) is 10.6 Å². The molecule has 6 nitrogen and oxygen atoms in total. The molecule has 1 aromatic heterocycles. The van der Waals surface area contributed by atoms with Gasteiger partial charge in [-0.05, 0) is 18.6 Å². The standard InChI is InChI=1S/C15H20N4O2/c1-12-6-4-5-7-13(12)21-11-10-18(2)15(20)16-14-8-9-19(3)17-14/h4-9H,10-11H2,1-3H3,(H,16,17,20). The highest BCUT2D eigenvalue weighted by molar-refractivity contribution is 5.87. The van der Waals surface area contributed by atoms with E-state index >= 15 is 0 Å². The highest BCUT2D eigenvalue weighted by atomic mass is 16.5. The van der Waals surface area contributed by atoms with Crippen molar-refractivity contribution in [3.8, 4) is 5.75 Å². The number of carbonyl (C=O) groups excluding carboxylic acids is 1. The molecule has 0 aliphatic rings. The molecule has 0 atom stereocenters. The Morgan fingerprint density at radius 3 is 2.81 bits per heavy atom. The largest absolute Gasteiger partial charge is 0.491 e. The molecule has 2 rings (SSSR count). The van der Waals surface area contributed by atoms with Gasteiger partial charge >= 0.3 is 6.03 Å². The second-order valence-corrected chi connectivity index (χ2v) is 4.84. The smallest absolute Gasteiger partial charge is 0.322 e. The summed E-state index contributed by atoms with van der Waals surface area (Å²) in [5, 5.41) is 6.82. The maximum absolute atomic E-state index is 11.9. The van der Waals surface area contributed by atoms with Crippen LogP contribution < -0.4 is 10.1 Å². The van der Waals surface area contributed by atoms with Crippen LogP contribution in [0.15, 0.2) is 36.5 Å². The van der Waals surface area contributed by atoms with E-state index in [1.807, 2.05) is 31.2 Å². The van der Waals surface area contributed by atoms with Gasteiger partial charge in [0.1, 0.15) is 12.4 Å². The van der Waals surface area contributed by atoms with Crippen molar-refractivity contribution in [1.29, 1.82) is 0 Å². The van der Waals surface area contributed by atoms with E-state index in [1.54, 1.807) is 35.9 Å². The van der Waals surface area contributed by atoms with E-state index in [9.17, 15) is 4.79 Å². The predicted molar refractivity (Wildman–Crippen MR) is 81.5 cm³/mol. The molecule has 1 aromatic carbocycles. The number of anilines is 1. The fraction of sp³-hybridized carbons (Fsp3) is 0.333. The third-order valence-corrected chi connectivity index (χ3v) is 3.07. The number of aryl methyl sites for hydroxylation is 2.